The molecule has 6 heteroatoms. The molecule has 1 aliphatic rings. The molecule has 2 heterocycles. The molecule has 5 rings (SSSR count). The van der Waals surface area contributed by atoms with E-state index in [0.29, 0.717) is 35.9 Å². The number of nitrogens with zero attached hydrogens (tertiary/aromatic N) is 2. The summed E-state index contributed by atoms with van der Waals surface area (Å²) in [5.41, 5.74) is 7.38. The summed E-state index contributed by atoms with van der Waals surface area (Å²) in [6, 6.07) is 19.3. The lowest BCUT2D eigenvalue weighted by Gasteiger charge is -2.27. The van der Waals surface area contributed by atoms with E-state index in [2.05, 4.69) is 28.9 Å². The standard InChI is InChI=1S/C30H29N3O3/c1-5-13-36-23-8-6-7-22(16-23)29-26-27(25-20(4)14-19(3)15-24(25)34)31-32-28(26)30(35)33(29)17-21-11-9-18(2)10-12-21/h5-12,14-16,29,34H,1,13,17H2,2-4H3,(H,31,32). The number of amides is 1. The molecule has 3 aromatic carbocycles. The number of nitrogens with one attached hydrogen (secondary N) is 1. The summed E-state index contributed by atoms with van der Waals surface area (Å²) < 4.78 is 5.80. The molecule has 2 N–H and O–H groups in total. The summed E-state index contributed by atoms with van der Waals surface area (Å²) in [7, 11) is 0. The Labute approximate surface area is 210 Å². The fourth-order valence-corrected chi connectivity index (χ4v) is 4.97. The lowest BCUT2D eigenvalue weighted by Crippen LogP contribution is -2.29. The van der Waals surface area contributed by atoms with Gasteiger partial charge in [0.05, 0.1) is 6.04 Å². The molecule has 0 aliphatic carbocycles. The smallest absolute Gasteiger partial charge is 0.273 e. The number of ether oxygens (including phenoxy) is 1. The van der Waals surface area contributed by atoms with Crippen LogP contribution in [0.15, 0.2) is 73.3 Å². The number of aryl methyl sites for hydroxylation is 3. The quantitative estimate of drug-likeness (QED) is 0.318. The zero-order valence-corrected chi connectivity index (χ0v) is 20.7. The van der Waals surface area contributed by atoms with Crippen molar-refractivity contribution in [2.75, 3.05) is 6.61 Å². The summed E-state index contributed by atoms with van der Waals surface area (Å²) in [5.74, 6) is 0.715. The molecular formula is C30H29N3O3. The highest BCUT2D eigenvalue weighted by molar-refractivity contribution is 6.00. The molecule has 1 amide bonds. The van der Waals surface area contributed by atoms with Gasteiger partial charge in [-0.25, -0.2) is 0 Å². The first-order valence-corrected chi connectivity index (χ1v) is 12.0. The number of aromatic hydroxyl groups is 1. The average molecular weight is 480 g/mol. The van der Waals surface area contributed by atoms with Crippen LogP contribution in [-0.4, -0.2) is 32.7 Å². The summed E-state index contributed by atoms with van der Waals surface area (Å²) >= 11 is 0. The van der Waals surface area contributed by atoms with Crippen LogP contribution >= 0.6 is 0 Å². The Hall–Kier alpha value is -4.32. The topological polar surface area (TPSA) is 78.5 Å². The fourth-order valence-electron chi connectivity index (χ4n) is 4.97. The molecule has 6 nitrogen and oxygen atoms in total. The van der Waals surface area contributed by atoms with E-state index >= 15 is 0 Å². The third-order valence-electron chi connectivity index (χ3n) is 6.57. The Balaban J connectivity index is 1.66. The van der Waals surface area contributed by atoms with Crippen molar-refractivity contribution in [1.29, 1.82) is 0 Å². The Morgan fingerprint density at radius 2 is 1.86 bits per heavy atom. The number of phenolic OH excluding ortho intramolecular Hbond substituents is 1. The minimum Gasteiger partial charge on any atom is -0.507 e. The molecule has 182 valence electrons. The van der Waals surface area contributed by atoms with E-state index in [1.807, 2.05) is 68.1 Å². The van der Waals surface area contributed by atoms with E-state index in [0.717, 1.165) is 33.4 Å². The van der Waals surface area contributed by atoms with Gasteiger partial charge in [0.2, 0.25) is 0 Å². The number of fused-ring (bicyclic) bond motifs is 1. The molecule has 0 spiro atoms. The molecule has 0 radical (unpaired) electrons. The first kappa shape index (κ1) is 23.4. The third-order valence-corrected chi connectivity index (χ3v) is 6.57. The number of carbonyl (C=O) groups excluding carboxylic acids is 1. The lowest BCUT2D eigenvalue weighted by molar-refractivity contribution is 0.0730. The molecule has 0 saturated carbocycles. The van der Waals surface area contributed by atoms with Gasteiger partial charge >= 0.3 is 0 Å². The summed E-state index contributed by atoms with van der Waals surface area (Å²) in [5, 5.41) is 18.4. The van der Waals surface area contributed by atoms with Crippen molar-refractivity contribution in [3.63, 3.8) is 0 Å². The van der Waals surface area contributed by atoms with Crippen molar-refractivity contribution in [1.82, 2.24) is 15.1 Å². The monoisotopic (exact) mass is 479 g/mol. The van der Waals surface area contributed by atoms with Gasteiger partial charge in [-0.15, -0.1) is 0 Å². The van der Waals surface area contributed by atoms with Crippen molar-refractivity contribution in [3.8, 4) is 22.8 Å². The van der Waals surface area contributed by atoms with Crippen LogP contribution in [0, 0.1) is 20.8 Å². The third kappa shape index (κ3) is 4.15. The molecule has 4 aromatic rings. The zero-order chi connectivity index (χ0) is 25.4. The van der Waals surface area contributed by atoms with Crippen LogP contribution in [0.3, 0.4) is 0 Å². The first-order chi connectivity index (χ1) is 17.4. The number of carbonyl (C=O) groups is 1. The van der Waals surface area contributed by atoms with E-state index in [-0.39, 0.29) is 11.7 Å². The predicted octanol–water partition coefficient (Wildman–Crippen LogP) is 6.02. The van der Waals surface area contributed by atoms with E-state index in [9.17, 15) is 9.90 Å². The fraction of sp³-hybridized carbons (Fsp3) is 0.200. The Morgan fingerprint density at radius 3 is 2.58 bits per heavy atom. The Morgan fingerprint density at radius 1 is 1.08 bits per heavy atom. The van der Waals surface area contributed by atoms with Crippen molar-refractivity contribution in [2.45, 2.75) is 33.4 Å². The highest BCUT2D eigenvalue weighted by Gasteiger charge is 2.42. The Bertz CT molecular complexity index is 1430. The highest BCUT2D eigenvalue weighted by Crippen LogP contribution is 2.46. The molecule has 0 fully saturated rings. The number of phenols is 1. The number of benzene rings is 3. The van der Waals surface area contributed by atoms with Gasteiger partial charge in [-0.2, -0.15) is 5.10 Å². The van der Waals surface area contributed by atoms with E-state index < -0.39 is 6.04 Å². The van der Waals surface area contributed by atoms with Gasteiger partial charge in [0, 0.05) is 17.7 Å². The van der Waals surface area contributed by atoms with Gasteiger partial charge in [0.15, 0.2) is 0 Å². The summed E-state index contributed by atoms with van der Waals surface area (Å²) in [6.45, 7) is 10.5. The number of hydrogen-bond acceptors (Lipinski definition) is 4. The minimum absolute atomic E-state index is 0.129. The van der Waals surface area contributed by atoms with Crippen LogP contribution in [0.2, 0.25) is 0 Å². The van der Waals surface area contributed by atoms with Crippen LogP contribution in [-0.2, 0) is 6.54 Å². The maximum Gasteiger partial charge on any atom is 0.273 e. The highest BCUT2D eigenvalue weighted by atomic mass is 16.5. The number of aromatic nitrogens is 2. The molecule has 1 unspecified atom stereocenters. The molecule has 1 aliphatic heterocycles. The van der Waals surface area contributed by atoms with Gasteiger partial charge in [-0.1, -0.05) is 60.7 Å². The average Bonchev–Trinajstić information content (AvgIpc) is 3.38. The van der Waals surface area contributed by atoms with Crippen molar-refractivity contribution in [3.05, 3.63) is 112 Å². The molecule has 0 saturated heterocycles. The second-order valence-electron chi connectivity index (χ2n) is 9.33. The van der Waals surface area contributed by atoms with Crippen LogP contribution < -0.4 is 4.74 Å². The van der Waals surface area contributed by atoms with Gasteiger partial charge in [-0.05, 0) is 61.2 Å². The minimum atomic E-state index is -0.407. The second-order valence-corrected chi connectivity index (χ2v) is 9.33. The number of H-pyrrole nitrogens is 1. The van der Waals surface area contributed by atoms with E-state index in [1.54, 1.807) is 12.1 Å². The van der Waals surface area contributed by atoms with Crippen molar-refractivity contribution >= 4 is 5.91 Å². The largest absolute Gasteiger partial charge is 0.507 e. The van der Waals surface area contributed by atoms with Crippen LogP contribution in [0.4, 0.5) is 0 Å². The Kier molecular flexibility index (Phi) is 6.10. The van der Waals surface area contributed by atoms with Crippen LogP contribution in [0.25, 0.3) is 11.3 Å². The molecule has 1 aromatic heterocycles. The maximum absolute atomic E-state index is 13.7. The summed E-state index contributed by atoms with van der Waals surface area (Å²) in [6.07, 6.45) is 1.70. The number of hydrogen-bond donors (Lipinski definition) is 2. The lowest BCUT2D eigenvalue weighted by atomic mass is 9.93. The van der Waals surface area contributed by atoms with Gasteiger partial charge in [-0.3, -0.25) is 9.89 Å². The van der Waals surface area contributed by atoms with Crippen LogP contribution in [0.1, 0.15) is 49.9 Å². The van der Waals surface area contributed by atoms with Gasteiger partial charge in [0.25, 0.3) is 5.91 Å². The normalized spacial score (nSPS) is 14.7. The number of aromatic amines is 1. The van der Waals surface area contributed by atoms with E-state index in [4.69, 9.17) is 4.74 Å². The van der Waals surface area contributed by atoms with Gasteiger partial charge in [0.1, 0.15) is 29.5 Å². The molecular weight excluding hydrogens is 450 g/mol. The zero-order valence-electron chi connectivity index (χ0n) is 20.7. The molecule has 0 bridgehead atoms. The SMILES string of the molecule is C=CCOc1cccc(C2c3c(-c4c(C)cc(C)cc4O)n[nH]c3C(=O)N2Cc2ccc(C)cc2)c1. The van der Waals surface area contributed by atoms with E-state index in [1.165, 1.54) is 0 Å². The number of rotatable bonds is 7. The second kappa shape index (κ2) is 9.38. The maximum atomic E-state index is 13.7. The van der Waals surface area contributed by atoms with Crippen LogP contribution in [0.5, 0.6) is 11.5 Å². The molecule has 36 heavy (non-hydrogen) atoms. The predicted molar refractivity (Wildman–Crippen MR) is 140 cm³/mol. The van der Waals surface area contributed by atoms with Crippen molar-refractivity contribution in [2.24, 2.45) is 0 Å². The first-order valence-electron chi connectivity index (χ1n) is 12.0. The van der Waals surface area contributed by atoms with Crippen molar-refractivity contribution < 1.29 is 14.6 Å². The summed E-state index contributed by atoms with van der Waals surface area (Å²) in [4.78, 5) is 15.6. The molecule has 1 atom stereocenters. The van der Waals surface area contributed by atoms with Gasteiger partial charge < -0.3 is 14.7 Å².